The van der Waals surface area contributed by atoms with E-state index in [9.17, 15) is 18.3 Å². The Balaban J connectivity index is 3.11. The Morgan fingerprint density at radius 3 is 2.33 bits per heavy atom. The largest absolute Gasteiger partial charge is 0.423 e. The van der Waals surface area contributed by atoms with Crippen molar-refractivity contribution in [1.29, 1.82) is 0 Å². The van der Waals surface area contributed by atoms with Gasteiger partial charge in [-0.05, 0) is 13.8 Å². The molecule has 0 amide bonds. The highest BCUT2D eigenvalue weighted by Crippen LogP contribution is 2.41. The maximum absolute atomic E-state index is 12.8. The highest BCUT2D eigenvalue weighted by atomic mass is 32.1. The number of aliphatic hydroxyl groups is 1. The number of hydrogen-bond acceptors (Lipinski definition) is 5. The summed E-state index contributed by atoms with van der Waals surface area (Å²) in [5.41, 5.74) is 2.05. The van der Waals surface area contributed by atoms with E-state index in [2.05, 4.69) is 4.98 Å². The molecule has 18 heavy (non-hydrogen) atoms. The summed E-state index contributed by atoms with van der Waals surface area (Å²) in [5, 5.41) is 10.1. The predicted molar refractivity (Wildman–Crippen MR) is 64.7 cm³/mol. The van der Waals surface area contributed by atoms with E-state index in [1.54, 1.807) is 0 Å². The molecule has 0 saturated carbocycles. The lowest BCUT2D eigenvalue weighted by atomic mass is 10.0. The molecule has 0 aliphatic carbocycles. The highest BCUT2D eigenvalue weighted by Gasteiger charge is 2.55. The molecule has 0 unspecified atom stereocenters. The second-order valence-corrected chi connectivity index (χ2v) is 4.75. The number of alkyl halides is 3. The summed E-state index contributed by atoms with van der Waals surface area (Å²) in [4.78, 5) is 5.44. The smallest absolute Gasteiger partial charge is 0.375 e. The van der Waals surface area contributed by atoms with Gasteiger partial charge in [0.05, 0.1) is 4.88 Å². The Morgan fingerprint density at radius 2 is 1.94 bits per heavy atom. The van der Waals surface area contributed by atoms with Gasteiger partial charge < -0.3 is 15.7 Å². The zero-order valence-electron chi connectivity index (χ0n) is 10.2. The fourth-order valence-electron chi connectivity index (χ4n) is 1.45. The van der Waals surface area contributed by atoms with Crippen molar-refractivity contribution in [1.82, 2.24) is 4.98 Å². The topological polar surface area (TPSA) is 62.4 Å². The average Bonchev–Trinajstić information content (AvgIpc) is 2.78. The van der Waals surface area contributed by atoms with Crippen LogP contribution >= 0.6 is 11.3 Å². The molecule has 0 saturated heterocycles. The van der Waals surface area contributed by atoms with E-state index >= 15 is 0 Å². The number of thiazole rings is 1. The van der Waals surface area contributed by atoms with E-state index in [-0.39, 0.29) is 4.88 Å². The maximum Gasteiger partial charge on any atom is 0.423 e. The van der Waals surface area contributed by atoms with Crippen LogP contribution in [0, 0.1) is 0 Å². The molecular formula is C10H16F3N3OS. The Hall–Kier alpha value is -0.860. The Morgan fingerprint density at radius 1 is 1.39 bits per heavy atom. The number of aromatic nitrogens is 1. The number of hydrogen-bond donors (Lipinski definition) is 2. The van der Waals surface area contributed by atoms with E-state index < -0.39 is 18.3 Å². The van der Waals surface area contributed by atoms with Crippen LogP contribution in [0.5, 0.6) is 0 Å². The first-order chi connectivity index (χ1) is 8.30. The van der Waals surface area contributed by atoms with Gasteiger partial charge in [0.2, 0.25) is 5.60 Å². The fourth-order valence-corrected chi connectivity index (χ4v) is 2.62. The first kappa shape index (κ1) is 15.2. The minimum atomic E-state index is -4.81. The quantitative estimate of drug-likeness (QED) is 0.863. The molecule has 0 bridgehead atoms. The molecule has 0 radical (unpaired) electrons. The van der Waals surface area contributed by atoms with Gasteiger partial charge in [-0.25, -0.2) is 4.98 Å². The summed E-state index contributed by atoms with van der Waals surface area (Å²) in [7, 11) is 0. The molecule has 8 heteroatoms. The molecule has 104 valence electrons. The predicted octanol–water partition coefficient (Wildman–Crippen LogP) is 1.70. The Labute approximate surface area is 107 Å². The van der Waals surface area contributed by atoms with Crippen molar-refractivity contribution in [2.75, 3.05) is 24.5 Å². The van der Waals surface area contributed by atoms with Crippen LogP contribution in [0.15, 0.2) is 6.20 Å². The summed E-state index contributed by atoms with van der Waals surface area (Å²) < 4.78 is 38.4. The van der Waals surface area contributed by atoms with Crippen LogP contribution < -0.4 is 10.6 Å². The van der Waals surface area contributed by atoms with Crippen molar-refractivity contribution in [3.05, 3.63) is 11.1 Å². The van der Waals surface area contributed by atoms with Gasteiger partial charge >= 0.3 is 6.18 Å². The van der Waals surface area contributed by atoms with Crippen molar-refractivity contribution in [3.8, 4) is 0 Å². The molecule has 1 aromatic heterocycles. The molecule has 1 heterocycles. The van der Waals surface area contributed by atoms with Crippen LogP contribution in [0.4, 0.5) is 18.3 Å². The molecule has 0 aliphatic heterocycles. The van der Waals surface area contributed by atoms with Gasteiger partial charge in [-0.3, -0.25) is 0 Å². The lowest BCUT2D eigenvalue weighted by Gasteiger charge is -2.27. The fraction of sp³-hybridized carbons (Fsp3) is 0.700. The van der Waals surface area contributed by atoms with E-state index in [0.29, 0.717) is 18.2 Å². The van der Waals surface area contributed by atoms with E-state index in [0.717, 1.165) is 17.5 Å². The first-order valence-electron chi connectivity index (χ1n) is 5.50. The van der Waals surface area contributed by atoms with E-state index in [4.69, 9.17) is 5.73 Å². The summed E-state index contributed by atoms with van der Waals surface area (Å²) >= 11 is 0.813. The number of nitrogens with two attached hydrogens (primary N) is 1. The maximum atomic E-state index is 12.8. The third-order valence-electron chi connectivity index (χ3n) is 2.70. The molecule has 1 atom stereocenters. The minimum Gasteiger partial charge on any atom is -0.375 e. The Bertz CT molecular complexity index is 392. The molecule has 0 aromatic carbocycles. The Kier molecular flexibility index (Phi) is 4.57. The van der Waals surface area contributed by atoms with Crippen molar-refractivity contribution in [2.24, 2.45) is 5.73 Å². The molecule has 0 aliphatic rings. The van der Waals surface area contributed by atoms with Gasteiger partial charge in [0.15, 0.2) is 5.13 Å². The number of nitrogens with zero attached hydrogens (tertiary/aromatic N) is 2. The van der Waals surface area contributed by atoms with Crippen LogP contribution in [0.2, 0.25) is 0 Å². The van der Waals surface area contributed by atoms with Crippen molar-refractivity contribution in [3.63, 3.8) is 0 Å². The number of anilines is 1. The second-order valence-electron chi connectivity index (χ2n) is 3.74. The molecule has 4 nitrogen and oxygen atoms in total. The van der Waals surface area contributed by atoms with Crippen molar-refractivity contribution < 1.29 is 18.3 Å². The molecule has 3 N–H and O–H groups in total. The van der Waals surface area contributed by atoms with Gasteiger partial charge in [0.1, 0.15) is 0 Å². The van der Waals surface area contributed by atoms with E-state index in [1.165, 1.54) is 0 Å². The summed E-state index contributed by atoms with van der Waals surface area (Å²) in [6.07, 6.45) is -3.77. The van der Waals surface area contributed by atoms with Crippen LogP contribution in [-0.4, -0.2) is 35.9 Å². The molecule has 0 fully saturated rings. The van der Waals surface area contributed by atoms with Crippen molar-refractivity contribution >= 4 is 16.5 Å². The molecule has 1 aromatic rings. The van der Waals surface area contributed by atoms with Gasteiger partial charge in [0, 0.05) is 25.8 Å². The van der Waals surface area contributed by atoms with Crippen LogP contribution in [0.25, 0.3) is 0 Å². The lowest BCUT2D eigenvalue weighted by Crippen LogP contribution is -2.47. The minimum absolute atomic E-state index is 0.278. The third-order valence-corrected chi connectivity index (χ3v) is 3.91. The average molecular weight is 283 g/mol. The summed E-state index contributed by atoms with van der Waals surface area (Å²) in [6.45, 7) is 4.11. The third kappa shape index (κ3) is 2.60. The van der Waals surface area contributed by atoms with Gasteiger partial charge in [0.25, 0.3) is 0 Å². The molecule has 1 rings (SSSR count). The van der Waals surface area contributed by atoms with Crippen LogP contribution in [0.1, 0.15) is 18.7 Å². The monoisotopic (exact) mass is 283 g/mol. The lowest BCUT2D eigenvalue weighted by molar-refractivity contribution is -0.260. The van der Waals surface area contributed by atoms with Crippen molar-refractivity contribution in [2.45, 2.75) is 25.6 Å². The summed E-state index contributed by atoms with van der Waals surface area (Å²) in [5.74, 6) is 0. The molecule has 0 spiro atoms. The van der Waals surface area contributed by atoms with Crippen LogP contribution in [0.3, 0.4) is 0 Å². The zero-order chi connectivity index (χ0) is 14.0. The van der Waals surface area contributed by atoms with E-state index in [1.807, 2.05) is 18.7 Å². The molecular weight excluding hydrogens is 267 g/mol. The normalized spacial score (nSPS) is 15.5. The number of rotatable bonds is 5. The van der Waals surface area contributed by atoms with Crippen LogP contribution in [-0.2, 0) is 5.60 Å². The second kappa shape index (κ2) is 5.41. The number of halogens is 3. The highest BCUT2D eigenvalue weighted by molar-refractivity contribution is 7.15. The van der Waals surface area contributed by atoms with Gasteiger partial charge in [-0.15, -0.1) is 0 Å². The van der Waals surface area contributed by atoms with Gasteiger partial charge in [-0.2, -0.15) is 13.2 Å². The standard InChI is InChI=1S/C10H16F3N3OS/c1-3-16(4-2)8-15-5-7(18-8)9(17,6-14)10(11,12)13/h5,17H,3-4,6,14H2,1-2H3/t9-/m0/s1. The van der Waals surface area contributed by atoms with Gasteiger partial charge in [-0.1, -0.05) is 11.3 Å². The summed E-state index contributed by atoms with van der Waals surface area (Å²) in [6, 6.07) is 0. The SMILES string of the molecule is CCN(CC)c1ncc([C@@](O)(CN)C(F)(F)F)s1. The zero-order valence-corrected chi connectivity index (χ0v) is 11.0. The first-order valence-corrected chi connectivity index (χ1v) is 6.32.